The maximum absolute atomic E-state index is 2.38. The first-order valence-electron chi connectivity index (χ1n) is 10.8. The van der Waals surface area contributed by atoms with E-state index >= 15 is 0 Å². The molecule has 0 spiro atoms. The van der Waals surface area contributed by atoms with Gasteiger partial charge in [0.1, 0.15) is 0 Å². The van der Waals surface area contributed by atoms with E-state index in [1.54, 1.807) is 0 Å². The quantitative estimate of drug-likeness (QED) is 0.284. The summed E-state index contributed by atoms with van der Waals surface area (Å²) in [6.45, 7) is 0. The average molecular weight is 395 g/mol. The van der Waals surface area contributed by atoms with Crippen molar-refractivity contribution in [1.29, 1.82) is 0 Å². The molecule has 0 unspecified atom stereocenters. The van der Waals surface area contributed by atoms with Crippen molar-refractivity contribution in [2.24, 2.45) is 0 Å². The standard InChI is InChI=1S/C31H22/c1-4-10-22(11-5-1)25-16-18-27-29(20-25)30-21-26(23-12-6-2-7-13-23)17-19-28(30)31(27)24-14-8-3-9-15-24/h1-21,31H. The first-order valence-corrected chi connectivity index (χ1v) is 10.8. The summed E-state index contributed by atoms with van der Waals surface area (Å²) in [4.78, 5) is 0. The molecule has 1 aliphatic carbocycles. The van der Waals surface area contributed by atoms with Crippen LogP contribution in [0.15, 0.2) is 127 Å². The molecule has 5 aromatic rings. The lowest BCUT2D eigenvalue weighted by Crippen LogP contribution is -1.98. The van der Waals surface area contributed by atoms with E-state index in [0.29, 0.717) is 0 Å². The van der Waals surface area contributed by atoms with Gasteiger partial charge in [-0.25, -0.2) is 0 Å². The SMILES string of the molecule is c1ccc(-c2ccc3c(c2)-c2cc(-c4ccccc4)ccc2C3c2ccccc2)cc1. The molecule has 0 nitrogen and oxygen atoms in total. The molecule has 0 bridgehead atoms. The summed E-state index contributed by atoms with van der Waals surface area (Å²) in [5.41, 5.74) is 11.9. The van der Waals surface area contributed by atoms with Crippen LogP contribution >= 0.6 is 0 Å². The second kappa shape index (κ2) is 7.41. The lowest BCUT2D eigenvalue weighted by molar-refractivity contribution is 1.02. The second-order valence-electron chi connectivity index (χ2n) is 8.18. The zero-order chi connectivity index (χ0) is 20.6. The lowest BCUT2D eigenvalue weighted by atomic mass is 9.88. The number of rotatable bonds is 3. The monoisotopic (exact) mass is 394 g/mol. The largest absolute Gasteiger partial charge is 0.0622 e. The van der Waals surface area contributed by atoms with E-state index in [2.05, 4.69) is 127 Å². The van der Waals surface area contributed by atoms with Gasteiger partial charge in [0.2, 0.25) is 0 Å². The third kappa shape index (κ3) is 3.08. The molecule has 146 valence electrons. The Balaban J connectivity index is 1.57. The molecule has 1 aliphatic rings. The molecule has 0 fully saturated rings. The maximum Gasteiger partial charge on any atom is 0.0352 e. The van der Waals surface area contributed by atoms with Crippen molar-refractivity contribution in [3.05, 3.63) is 144 Å². The lowest BCUT2D eigenvalue weighted by Gasteiger charge is -2.15. The Morgan fingerprint density at radius 3 is 1.23 bits per heavy atom. The van der Waals surface area contributed by atoms with Crippen LogP contribution in [0.5, 0.6) is 0 Å². The topological polar surface area (TPSA) is 0 Å². The number of benzene rings is 5. The Hall–Kier alpha value is -3.90. The minimum absolute atomic E-state index is 0.279. The van der Waals surface area contributed by atoms with Crippen molar-refractivity contribution in [1.82, 2.24) is 0 Å². The molecule has 31 heavy (non-hydrogen) atoms. The molecular weight excluding hydrogens is 372 g/mol. The Labute approximate surface area is 183 Å². The van der Waals surface area contributed by atoms with E-state index < -0.39 is 0 Å². The first-order chi connectivity index (χ1) is 15.4. The number of hydrogen-bond acceptors (Lipinski definition) is 0. The maximum atomic E-state index is 2.38. The van der Waals surface area contributed by atoms with E-state index in [-0.39, 0.29) is 5.92 Å². The van der Waals surface area contributed by atoms with Gasteiger partial charge in [-0.2, -0.15) is 0 Å². The number of hydrogen-bond donors (Lipinski definition) is 0. The second-order valence-corrected chi connectivity index (χ2v) is 8.18. The van der Waals surface area contributed by atoms with Crippen LogP contribution in [0.3, 0.4) is 0 Å². The van der Waals surface area contributed by atoms with Gasteiger partial charge in [-0.3, -0.25) is 0 Å². The summed E-state index contributed by atoms with van der Waals surface area (Å²) < 4.78 is 0. The predicted molar refractivity (Wildman–Crippen MR) is 130 cm³/mol. The highest BCUT2D eigenvalue weighted by Gasteiger charge is 2.30. The summed E-state index contributed by atoms with van der Waals surface area (Å²) in [5.74, 6) is 0.279. The van der Waals surface area contributed by atoms with Crippen molar-refractivity contribution in [3.63, 3.8) is 0 Å². The minimum atomic E-state index is 0.279. The van der Waals surface area contributed by atoms with Crippen LogP contribution in [-0.4, -0.2) is 0 Å². The van der Waals surface area contributed by atoms with Crippen LogP contribution in [0.2, 0.25) is 0 Å². The van der Waals surface area contributed by atoms with Gasteiger partial charge < -0.3 is 0 Å². The highest BCUT2D eigenvalue weighted by atomic mass is 14.3. The molecule has 0 atom stereocenters. The molecule has 5 aromatic carbocycles. The summed E-state index contributed by atoms with van der Waals surface area (Å²) in [6.07, 6.45) is 0. The van der Waals surface area contributed by atoms with Crippen molar-refractivity contribution in [2.45, 2.75) is 5.92 Å². The Morgan fingerprint density at radius 1 is 0.355 bits per heavy atom. The molecule has 0 saturated carbocycles. The Morgan fingerprint density at radius 2 is 0.774 bits per heavy atom. The summed E-state index contributed by atoms with van der Waals surface area (Å²) >= 11 is 0. The fraction of sp³-hybridized carbons (Fsp3) is 0.0323. The normalized spacial score (nSPS) is 12.4. The summed E-state index contributed by atoms with van der Waals surface area (Å²) in [5, 5.41) is 0. The molecular formula is C31H22. The van der Waals surface area contributed by atoms with Crippen LogP contribution in [-0.2, 0) is 0 Å². The van der Waals surface area contributed by atoms with Gasteiger partial charge in [0.25, 0.3) is 0 Å². The molecule has 0 aromatic heterocycles. The van der Waals surface area contributed by atoms with Gasteiger partial charge in [-0.1, -0.05) is 115 Å². The zero-order valence-electron chi connectivity index (χ0n) is 17.2. The zero-order valence-corrected chi connectivity index (χ0v) is 17.2. The van der Waals surface area contributed by atoms with Crippen LogP contribution < -0.4 is 0 Å². The summed E-state index contributed by atoms with van der Waals surface area (Å²) in [7, 11) is 0. The summed E-state index contributed by atoms with van der Waals surface area (Å²) in [6, 6.07) is 46.2. The first kappa shape index (κ1) is 17.9. The van der Waals surface area contributed by atoms with Crippen molar-refractivity contribution in [3.8, 4) is 33.4 Å². The fourth-order valence-corrected chi connectivity index (χ4v) is 4.87. The van der Waals surface area contributed by atoms with Gasteiger partial charge in [0.05, 0.1) is 0 Å². The molecule has 0 aliphatic heterocycles. The van der Waals surface area contributed by atoms with E-state index in [0.717, 1.165) is 0 Å². The van der Waals surface area contributed by atoms with Crippen LogP contribution in [0.25, 0.3) is 33.4 Å². The molecule has 0 heteroatoms. The highest BCUT2D eigenvalue weighted by molar-refractivity contribution is 5.87. The van der Waals surface area contributed by atoms with E-state index in [4.69, 9.17) is 0 Å². The predicted octanol–water partition coefficient (Wildman–Crippen LogP) is 8.18. The molecule has 0 saturated heterocycles. The third-order valence-corrected chi connectivity index (χ3v) is 6.37. The van der Waals surface area contributed by atoms with Crippen molar-refractivity contribution < 1.29 is 0 Å². The third-order valence-electron chi connectivity index (χ3n) is 6.37. The highest BCUT2D eigenvalue weighted by Crippen LogP contribution is 2.50. The van der Waals surface area contributed by atoms with Gasteiger partial charge in [0.15, 0.2) is 0 Å². The van der Waals surface area contributed by atoms with Gasteiger partial charge in [-0.15, -0.1) is 0 Å². The van der Waals surface area contributed by atoms with E-state index in [1.165, 1.54) is 50.1 Å². The van der Waals surface area contributed by atoms with Gasteiger partial charge in [0, 0.05) is 5.92 Å². The van der Waals surface area contributed by atoms with Crippen LogP contribution in [0.1, 0.15) is 22.6 Å². The van der Waals surface area contributed by atoms with Crippen molar-refractivity contribution in [2.75, 3.05) is 0 Å². The Kier molecular flexibility index (Phi) is 4.28. The minimum Gasteiger partial charge on any atom is -0.0622 e. The Bertz CT molecular complexity index is 1260. The smallest absolute Gasteiger partial charge is 0.0352 e. The van der Waals surface area contributed by atoms with Crippen LogP contribution in [0.4, 0.5) is 0 Å². The van der Waals surface area contributed by atoms with E-state index in [1.807, 2.05) is 0 Å². The molecule has 0 N–H and O–H groups in total. The van der Waals surface area contributed by atoms with Gasteiger partial charge >= 0.3 is 0 Å². The molecule has 0 amide bonds. The van der Waals surface area contributed by atoms with Gasteiger partial charge in [-0.05, 0) is 62.2 Å². The molecule has 0 radical (unpaired) electrons. The number of fused-ring (bicyclic) bond motifs is 3. The molecule has 0 heterocycles. The fourth-order valence-electron chi connectivity index (χ4n) is 4.87. The molecule has 6 rings (SSSR count). The van der Waals surface area contributed by atoms with E-state index in [9.17, 15) is 0 Å². The van der Waals surface area contributed by atoms with Crippen LogP contribution in [0, 0.1) is 0 Å². The van der Waals surface area contributed by atoms with Crippen molar-refractivity contribution >= 4 is 0 Å². The average Bonchev–Trinajstić information content (AvgIpc) is 3.18.